The third-order valence-corrected chi connectivity index (χ3v) is 4.73. The van der Waals surface area contributed by atoms with E-state index < -0.39 is 0 Å². The highest BCUT2D eigenvalue weighted by Gasteiger charge is 2.43. The molecule has 2 aromatic carbocycles. The van der Waals surface area contributed by atoms with Gasteiger partial charge in [-0.15, -0.1) is 0 Å². The van der Waals surface area contributed by atoms with Crippen LogP contribution in [-0.4, -0.2) is 7.05 Å². The lowest BCUT2D eigenvalue weighted by molar-refractivity contribution is 0.517. The minimum Gasteiger partial charge on any atom is -0.313 e. The Labute approximate surface area is 133 Å². The Morgan fingerprint density at radius 3 is 2.60 bits per heavy atom. The van der Waals surface area contributed by atoms with E-state index in [1.54, 1.807) is 0 Å². The van der Waals surface area contributed by atoms with Crippen LogP contribution in [0, 0.1) is 5.92 Å². The van der Waals surface area contributed by atoms with Crippen LogP contribution in [0.1, 0.15) is 29.5 Å². The topological polar surface area (TPSA) is 12.0 Å². The maximum Gasteiger partial charge on any atom is 0.0420 e. The lowest BCUT2D eigenvalue weighted by Gasteiger charge is -2.18. The molecule has 0 spiro atoms. The van der Waals surface area contributed by atoms with E-state index in [0.717, 1.165) is 9.50 Å². The molecule has 0 heterocycles. The summed E-state index contributed by atoms with van der Waals surface area (Å²) in [7, 11) is 2.03. The highest BCUT2D eigenvalue weighted by Crippen LogP contribution is 2.54. The first-order chi connectivity index (χ1) is 9.69. The molecule has 0 aliphatic heterocycles. The van der Waals surface area contributed by atoms with Crippen molar-refractivity contribution in [3.8, 4) is 0 Å². The third kappa shape index (κ3) is 2.93. The van der Waals surface area contributed by atoms with Gasteiger partial charge in [-0.3, -0.25) is 0 Å². The van der Waals surface area contributed by atoms with Gasteiger partial charge in [0.25, 0.3) is 0 Å². The van der Waals surface area contributed by atoms with Gasteiger partial charge in [-0.2, -0.15) is 0 Å². The van der Waals surface area contributed by atoms with Gasteiger partial charge in [0.05, 0.1) is 0 Å². The van der Waals surface area contributed by atoms with Crippen molar-refractivity contribution in [1.29, 1.82) is 0 Å². The number of nitrogens with one attached hydrogen (secondary N) is 1. The molecule has 104 valence electrons. The van der Waals surface area contributed by atoms with Crippen LogP contribution >= 0.6 is 27.5 Å². The fourth-order valence-electron chi connectivity index (χ4n) is 3.05. The summed E-state index contributed by atoms with van der Waals surface area (Å²) in [5.41, 5.74) is 2.70. The molecule has 0 aromatic heterocycles. The molecule has 3 atom stereocenters. The minimum absolute atomic E-state index is 0.357. The molecule has 0 saturated heterocycles. The van der Waals surface area contributed by atoms with Gasteiger partial charge in [0, 0.05) is 15.5 Å². The maximum absolute atomic E-state index is 6.17. The standard InChI is InChI=1S/C17H17BrClN/c1-20-17(12-7-13(18)9-14(19)8-12)16-10-15(16)11-5-3-2-4-6-11/h2-9,15-17,20H,10H2,1H3. The molecule has 1 nitrogen and oxygen atoms in total. The van der Waals surface area contributed by atoms with E-state index in [1.807, 2.05) is 13.1 Å². The van der Waals surface area contributed by atoms with Gasteiger partial charge in [0.2, 0.25) is 0 Å². The van der Waals surface area contributed by atoms with Crippen molar-refractivity contribution in [2.75, 3.05) is 7.05 Å². The molecule has 1 fully saturated rings. The van der Waals surface area contributed by atoms with Crippen LogP contribution in [0.2, 0.25) is 5.02 Å². The Morgan fingerprint density at radius 2 is 1.95 bits per heavy atom. The molecule has 20 heavy (non-hydrogen) atoms. The summed E-state index contributed by atoms with van der Waals surface area (Å²) in [6, 6.07) is 17.3. The summed E-state index contributed by atoms with van der Waals surface area (Å²) in [6.45, 7) is 0. The molecule has 1 N–H and O–H groups in total. The number of halogens is 2. The average Bonchev–Trinajstić information content (AvgIpc) is 3.20. The van der Waals surface area contributed by atoms with Crippen LogP contribution < -0.4 is 5.32 Å². The first-order valence-corrected chi connectivity index (χ1v) is 8.04. The van der Waals surface area contributed by atoms with Gasteiger partial charge in [0.1, 0.15) is 0 Å². The van der Waals surface area contributed by atoms with Crippen molar-refractivity contribution in [2.24, 2.45) is 5.92 Å². The summed E-state index contributed by atoms with van der Waals surface area (Å²) in [5, 5.41) is 4.24. The van der Waals surface area contributed by atoms with E-state index >= 15 is 0 Å². The Morgan fingerprint density at radius 1 is 1.20 bits per heavy atom. The molecule has 3 rings (SSSR count). The highest BCUT2D eigenvalue weighted by molar-refractivity contribution is 9.10. The zero-order valence-corrected chi connectivity index (χ0v) is 13.7. The largest absolute Gasteiger partial charge is 0.313 e. The van der Waals surface area contributed by atoms with E-state index in [1.165, 1.54) is 17.5 Å². The summed E-state index contributed by atoms with van der Waals surface area (Å²) >= 11 is 9.70. The Hall–Kier alpha value is -0.830. The summed E-state index contributed by atoms with van der Waals surface area (Å²) in [5.74, 6) is 1.30. The number of benzene rings is 2. The monoisotopic (exact) mass is 349 g/mol. The predicted molar refractivity (Wildman–Crippen MR) is 88.2 cm³/mol. The Balaban J connectivity index is 1.82. The number of rotatable bonds is 4. The number of hydrogen-bond donors (Lipinski definition) is 1. The second-order valence-electron chi connectivity index (χ2n) is 5.39. The quantitative estimate of drug-likeness (QED) is 0.802. The van der Waals surface area contributed by atoms with E-state index in [2.05, 4.69) is 63.7 Å². The van der Waals surface area contributed by atoms with Crippen molar-refractivity contribution in [2.45, 2.75) is 18.4 Å². The second-order valence-corrected chi connectivity index (χ2v) is 6.74. The molecule has 1 aliphatic carbocycles. The number of hydrogen-bond acceptors (Lipinski definition) is 1. The molecule has 0 amide bonds. The first-order valence-electron chi connectivity index (χ1n) is 6.87. The lowest BCUT2D eigenvalue weighted by Crippen LogP contribution is -2.19. The van der Waals surface area contributed by atoms with Gasteiger partial charge in [-0.25, -0.2) is 0 Å². The fourth-order valence-corrected chi connectivity index (χ4v) is 3.94. The molecule has 0 radical (unpaired) electrons. The SMILES string of the molecule is CNC(c1cc(Cl)cc(Br)c1)C1CC1c1ccccc1. The van der Waals surface area contributed by atoms with Crippen LogP contribution in [0.3, 0.4) is 0 Å². The molecule has 3 heteroatoms. The summed E-state index contributed by atoms with van der Waals surface area (Å²) in [4.78, 5) is 0. The average molecular weight is 351 g/mol. The lowest BCUT2D eigenvalue weighted by atomic mass is 9.99. The van der Waals surface area contributed by atoms with Crippen LogP contribution in [0.25, 0.3) is 0 Å². The highest BCUT2D eigenvalue weighted by atomic mass is 79.9. The van der Waals surface area contributed by atoms with E-state index in [9.17, 15) is 0 Å². The second kappa shape index (κ2) is 5.88. The molecule has 2 aromatic rings. The first kappa shape index (κ1) is 14.1. The summed E-state index contributed by atoms with van der Waals surface area (Å²) in [6.07, 6.45) is 1.24. The van der Waals surface area contributed by atoms with Gasteiger partial charge in [0.15, 0.2) is 0 Å². The molecular weight excluding hydrogens is 334 g/mol. The van der Waals surface area contributed by atoms with E-state index in [0.29, 0.717) is 17.9 Å². The fraction of sp³-hybridized carbons (Fsp3) is 0.294. The van der Waals surface area contributed by atoms with Crippen molar-refractivity contribution in [3.05, 3.63) is 69.2 Å². The third-order valence-electron chi connectivity index (χ3n) is 4.05. The minimum atomic E-state index is 0.357. The van der Waals surface area contributed by atoms with Crippen molar-refractivity contribution >= 4 is 27.5 Å². The van der Waals surface area contributed by atoms with Crippen molar-refractivity contribution in [3.63, 3.8) is 0 Å². The van der Waals surface area contributed by atoms with E-state index in [-0.39, 0.29) is 0 Å². The van der Waals surface area contributed by atoms with Crippen molar-refractivity contribution < 1.29 is 0 Å². The van der Waals surface area contributed by atoms with Crippen LogP contribution in [0.4, 0.5) is 0 Å². The Bertz CT molecular complexity index is 579. The van der Waals surface area contributed by atoms with Gasteiger partial charge in [-0.1, -0.05) is 57.9 Å². The maximum atomic E-state index is 6.17. The summed E-state index contributed by atoms with van der Waals surface area (Å²) < 4.78 is 1.04. The molecule has 1 saturated carbocycles. The predicted octanol–water partition coefficient (Wildman–Crippen LogP) is 5.17. The zero-order valence-electron chi connectivity index (χ0n) is 11.3. The van der Waals surface area contributed by atoms with Crippen LogP contribution in [0.5, 0.6) is 0 Å². The smallest absolute Gasteiger partial charge is 0.0420 e. The molecule has 0 bridgehead atoms. The van der Waals surface area contributed by atoms with E-state index in [4.69, 9.17) is 11.6 Å². The van der Waals surface area contributed by atoms with Gasteiger partial charge < -0.3 is 5.32 Å². The van der Waals surface area contributed by atoms with Gasteiger partial charge in [-0.05, 0) is 54.6 Å². The molecule has 1 aliphatic rings. The molecule has 3 unspecified atom stereocenters. The van der Waals surface area contributed by atoms with Crippen LogP contribution in [-0.2, 0) is 0 Å². The van der Waals surface area contributed by atoms with Crippen molar-refractivity contribution in [1.82, 2.24) is 5.32 Å². The zero-order chi connectivity index (χ0) is 14.1. The van der Waals surface area contributed by atoms with Crippen LogP contribution in [0.15, 0.2) is 53.0 Å². The molecular formula is C17H17BrClN. The Kier molecular flexibility index (Phi) is 4.16. The normalized spacial score (nSPS) is 22.6. The van der Waals surface area contributed by atoms with Gasteiger partial charge >= 0.3 is 0 Å².